The van der Waals surface area contributed by atoms with Crippen molar-refractivity contribution in [2.75, 3.05) is 26.9 Å². The van der Waals surface area contributed by atoms with Crippen molar-refractivity contribution in [3.8, 4) is 0 Å². The Morgan fingerprint density at radius 2 is 2.12 bits per heavy atom. The van der Waals surface area contributed by atoms with Gasteiger partial charge in [-0.2, -0.15) is 0 Å². The quantitative estimate of drug-likeness (QED) is 0.669. The maximum Gasteiger partial charge on any atom is 0.225 e. The van der Waals surface area contributed by atoms with E-state index in [0.717, 1.165) is 18.8 Å². The second-order valence-electron chi connectivity index (χ2n) is 4.21. The van der Waals surface area contributed by atoms with E-state index in [0.29, 0.717) is 31.0 Å². The van der Waals surface area contributed by atoms with Gasteiger partial charge >= 0.3 is 0 Å². The van der Waals surface area contributed by atoms with Crippen LogP contribution in [0.1, 0.15) is 31.0 Å². The Labute approximate surface area is 106 Å². The standard InChI is InChI=1S/C11H18ClN3O2/c1-16-7-8-17-6-2-5-15-10(9-3-4-9)13-14-11(15)12/h9H,2-8H2,1H3. The number of hydrogen-bond acceptors (Lipinski definition) is 4. The molecule has 2 rings (SSSR count). The minimum Gasteiger partial charge on any atom is -0.382 e. The summed E-state index contributed by atoms with van der Waals surface area (Å²) in [5.41, 5.74) is 0. The first-order chi connectivity index (χ1) is 8.33. The van der Waals surface area contributed by atoms with E-state index in [9.17, 15) is 0 Å². The molecular weight excluding hydrogens is 242 g/mol. The molecule has 1 aromatic heterocycles. The minimum atomic E-state index is 0.490. The lowest BCUT2D eigenvalue weighted by Crippen LogP contribution is -2.08. The molecule has 0 spiro atoms. The summed E-state index contributed by atoms with van der Waals surface area (Å²) in [6.45, 7) is 2.81. The van der Waals surface area contributed by atoms with E-state index >= 15 is 0 Å². The first kappa shape index (κ1) is 12.8. The molecule has 0 bridgehead atoms. The summed E-state index contributed by atoms with van der Waals surface area (Å²) in [5, 5.41) is 8.54. The third-order valence-electron chi connectivity index (χ3n) is 2.78. The van der Waals surface area contributed by atoms with E-state index in [1.165, 1.54) is 12.8 Å². The second kappa shape index (κ2) is 6.33. The first-order valence-electron chi connectivity index (χ1n) is 5.98. The van der Waals surface area contributed by atoms with E-state index in [1.54, 1.807) is 7.11 Å². The first-order valence-corrected chi connectivity index (χ1v) is 6.36. The predicted molar refractivity (Wildman–Crippen MR) is 64.3 cm³/mol. The van der Waals surface area contributed by atoms with Gasteiger partial charge in [-0.1, -0.05) is 0 Å². The molecule has 1 aliphatic rings. The van der Waals surface area contributed by atoms with Crippen LogP contribution in [0.15, 0.2) is 0 Å². The average molecular weight is 260 g/mol. The molecule has 0 amide bonds. The van der Waals surface area contributed by atoms with Crippen LogP contribution in [0.5, 0.6) is 0 Å². The van der Waals surface area contributed by atoms with Gasteiger partial charge in [-0.3, -0.25) is 0 Å². The summed E-state index contributed by atoms with van der Waals surface area (Å²) < 4.78 is 12.3. The number of halogens is 1. The summed E-state index contributed by atoms with van der Waals surface area (Å²) in [6, 6.07) is 0. The van der Waals surface area contributed by atoms with Gasteiger partial charge in [-0.25, -0.2) is 0 Å². The predicted octanol–water partition coefficient (Wildman–Crippen LogP) is 1.86. The van der Waals surface area contributed by atoms with Crippen LogP contribution in [-0.4, -0.2) is 41.7 Å². The van der Waals surface area contributed by atoms with Crippen LogP contribution >= 0.6 is 11.6 Å². The maximum atomic E-state index is 6.01. The van der Waals surface area contributed by atoms with E-state index in [2.05, 4.69) is 10.2 Å². The van der Waals surface area contributed by atoms with Crippen molar-refractivity contribution < 1.29 is 9.47 Å². The average Bonchev–Trinajstić information content (AvgIpc) is 3.10. The molecule has 0 atom stereocenters. The second-order valence-corrected chi connectivity index (χ2v) is 4.55. The third-order valence-corrected chi connectivity index (χ3v) is 3.06. The normalized spacial score (nSPS) is 15.4. The van der Waals surface area contributed by atoms with E-state index in [1.807, 2.05) is 4.57 Å². The summed E-state index contributed by atoms with van der Waals surface area (Å²) in [4.78, 5) is 0. The van der Waals surface area contributed by atoms with Gasteiger partial charge in [-0.05, 0) is 30.9 Å². The lowest BCUT2D eigenvalue weighted by atomic mass is 10.3. The van der Waals surface area contributed by atoms with Gasteiger partial charge in [0, 0.05) is 26.2 Å². The molecule has 1 aliphatic carbocycles. The number of nitrogens with zero attached hydrogens (tertiary/aromatic N) is 3. The van der Waals surface area contributed by atoms with Crippen molar-refractivity contribution in [1.82, 2.24) is 14.8 Å². The molecule has 0 radical (unpaired) electrons. The van der Waals surface area contributed by atoms with Crippen LogP contribution in [0.3, 0.4) is 0 Å². The number of ether oxygens (including phenoxy) is 2. The number of rotatable bonds is 8. The maximum absolute atomic E-state index is 6.01. The van der Waals surface area contributed by atoms with Crippen LogP contribution in [0.4, 0.5) is 0 Å². The Hall–Kier alpha value is -0.650. The van der Waals surface area contributed by atoms with Gasteiger partial charge in [0.25, 0.3) is 0 Å². The van der Waals surface area contributed by atoms with Gasteiger partial charge in [0.1, 0.15) is 5.82 Å². The molecule has 1 aromatic rings. The van der Waals surface area contributed by atoms with Crippen LogP contribution in [0.25, 0.3) is 0 Å². The highest BCUT2D eigenvalue weighted by Crippen LogP contribution is 2.39. The van der Waals surface area contributed by atoms with Gasteiger partial charge in [0.2, 0.25) is 5.28 Å². The summed E-state index contributed by atoms with van der Waals surface area (Å²) in [5.74, 6) is 1.61. The molecule has 1 fully saturated rings. The Morgan fingerprint density at radius 1 is 1.29 bits per heavy atom. The Morgan fingerprint density at radius 3 is 2.82 bits per heavy atom. The lowest BCUT2D eigenvalue weighted by Gasteiger charge is -2.07. The highest BCUT2D eigenvalue weighted by Gasteiger charge is 2.29. The van der Waals surface area contributed by atoms with Crippen molar-refractivity contribution >= 4 is 11.6 Å². The molecule has 0 saturated heterocycles. The van der Waals surface area contributed by atoms with Crippen molar-refractivity contribution in [3.05, 3.63) is 11.1 Å². The van der Waals surface area contributed by atoms with Crippen LogP contribution in [0, 0.1) is 0 Å². The molecule has 5 nitrogen and oxygen atoms in total. The summed E-state index contributed by atoms with van der Waals surface area (Å²) in [6.07, 6.45) is 3.33. The largest absolute Gasteiger partial charge is 0.382 e. The highest BCUT2D eigenvalue weighted by atomic mass is 35.5. The smallest absolute Gasteiger partial charge is 0.225 e. The van der Waals surface area contributed by atoms with E-state index in [-0.39, 0.29) is 0 Å². The highest BCUT2D eigenvalue weighted by molar-refractivity contribution is 6.28. The molecule has 0 aromatic carbocycles. The molecule has 96 valence electrons. The van der Waals surface area contributed by atoms with Crippen molar-refractivity contribution in [3.63, 3.8) is 0 Å². The molecule has 17 heavy (non-hydrogen) atoms. The van der Waals surface area contributed by atoms with Gasteiger partial charge in [0.15, 0.2) is 0 Å². The Bertz CT molecular complexity index is 352. The molecular formula is C11H18ClN3O2. The summed E-state index contributed by atoms with van der Waals surface area (Å²) in [7, 11) is 1.67. The van der Waals surface area contributed by atoms with Crippen LogP contribution < -0.4 is 0 Å². The van der Waals surface area contributed by atoms with E-state index < -0.39 is 0 Å². The van der Waals surface area contributed by atoms with Gasteiger partial charge in [0.05, 0.1) is 13.2 Å². The van der Waals surface area contributed by atoms with Crippen LogP contribution in [-0.2, 0) is 16.0 Å². The topological polar surface area (TPSA) is 49.2 Å². The van der Waals surface area contributed by atoms with E-state index in [4.69, 9.17) is 21.1 Å². The van der Waals surface area contributed by atoms with Crippen molar-refractivity contribution in [2.24, 2.45) is 0 Å². The zero-order valence-electron chi connectivity index (χ0n) is 10.1. The van der Waals surface area contributed by atoms with Gasteiger partial charge in [-0.15, -0.1) is 10.2 Å². The molecule has 0 unspecified atom stereocenters. The molecule has 1 heterocycles. The van der Waals surface area contributed by atoms with Crippen molar-refractivity contribution in [1.29, 1.82) is 0 Å². The fourth-order valence-electron chi connectivity index (χ4n) is 1.71. The number of hydrogen-bond donors (Lipinski definition) is 0. The summed E-state index contributed by atoms with van der Waals surface area (Å²) >= 11 is 6.01. The van der Waals surface area contributed by atoms with Gasteiger partial charge < -0.3 is 14.0 Å². The van der Waals surface area contributed by atoms with Crippen LogP contribution in [0.2, 0.25) is 5.28 Å². The SMILES string of the molecule is COCCOCCCn1c(Cl)nnc1C1CC1. The minimum absolute atomic E-state index is 0.490. The number of methoxy groups -OCH3 is 1. The number of aromatic nitrogens is 3. The monoisotopic (exact) mass is 259 g/mol. The van der Waals surface area contributed by atoms with Crippen molar-refractivity contribution in [2.45, 2.75) is 31.7 Å². The molecule has 0 N–H and O–H groups in total. The molecule has 1 saturated carbocycles. The Balaban J connectivity index is 1.72. The fourth-order valence-corrected chi connectivity index (χ4v) is 1.92. The zero-order valence-corrected chi connectivity index (χ0v) is 10.8. The lowest BCUT2D eigenvalue weighted by molar-refractivity contribution is 0.0679. The molecule has 0 aliphatic heterocycles. The fraction of sp³-hybridized carbons (Fsp3) is 0.818. The molecule has 6 heteroatoms. The third kappa shape index (κ3) is 3.66. The Kier molecular flexibility index (Phi) is 4.76. The zero-order chi connectivity index (χ0) is 12.1.